The van der Waals surface area contributed by atoms with E-state index in [0.29, 0.717) is 17.2 Å². The van der Waals surface area contributed by atoms with Crippen molar-refractivity contribution in [1.29, 1.82) is 0 Å². The molecule has 8 nitrogen and oxygen atoms in total. The molecule has 4 rings (SSSR count). The van der Waals surface area contributed by atoms with Crippen molar-refractivity contribution in [2.45, 2.75) is 0 Å². The van der Waals surface area contributed by atoms with Crippen LogP contribution in [0.5, 0.6) is 11.5 Å². The van der Waals surface area contributed by atoms with E-state index in [2.05, 4.69) is 15.7 Å². The summed E-state index contributed by atoms with van der Waals surface area (Å²) in [5.74, 6) is 0.449. The number of rotatable bonds is 4. The van der Waals surface area contributed by atoms with E-state index in [1.165, 1.54) is 0 Å². The van der Waals surface area contributed by atoms with Crippen LogP contribution in [0.15, 0.2) is 48.7 Å². The first kappa shape index (κ1) is 15.0. The Morgan fingerprint density at radius 2 is 2.00 bits per heavy atom. The topological polar surface area (TPSA) is 94.0 Å². The van der Waals surface area contributed by atoms with Crippen LogP contribution in [0.4, 0.5) is 5.69 Å². The zero-order valence-electron chi connectivity index (χ0n) is 13.1. The molecule has 0 saturated carbocycles. The molecule has 3 aromatic rings. The molecular formula is C17H14N4O4. The number of anilines is 1. The lowest BCUT2D eigenvalue weighted by Crippen LogP contribution is -2.33. The Morgan fingerprint density at radius 3 is 2.88 bits per heavy atom. The summed E-state index contributed by atoms with van der Waals surface area (Å²) < 4.78 is 12.1. The molecule has 0 aliphatic carbocycles. The van der Waals surface area contributed by atoms with Gasteiger partial charge in [0.15, 0.2) is 17.2 Å². The van der Waals surface area contributed by atoms with Gasteiger partial charge in [-0.1, -0.05) is 6.07 Å². The number of nitrogens with one attached hydrogen (secondary N) is 2. The average Bonchev–Trinajstić information content (AvgIpc) is 3.25. The lowest BCUT2D eigenvalue weighted by molar-refractivity contribution is -0.115. The van der Waals surface area contributed by atoms with Crippen LogP contribution in [0, 0.1) is 0 Å². The molecule has 0 spiro atoms. The maximum Gasteiger partial charge on any atom is 0.272 e. The fourth-order valence-electron chi connectivity index (χ4n) is 2.48. The zero-order chi connectivity index (χ0) is 17.2. The van der Waals surface area contributed by atoms with Crippen LogP contribution in [0.1, 0.15) is 10.5 Å². The number of carbonyl (C=O) groups is 2. The van der Waals surface area contributed by atoms with Crippen LogP contribution in [0.25, 0.3) is 5.52 Å². The standard InChI is InChI=1S/C17H14N4O4/c22-16(19-11-4-5-14-15(7-11)25-10-24-14)9-18-17(23)13-8-12-3-1-2-6-21(12)20-13/h1-8H,9-10H2,(H,18,23)(H,19,22). The molecule has 0 atom stereocenters. The number of carbonyl (C=O) groups excluding carboxylic acids is 2. The fraction of sp³-hybridized carbons (Fsp3) is 0.118. The highest BCUT2D eigenvalue weighted by molar-refractivity contribution is 5.99. The van der Waals surface area contributed by atoms with Crippen LogP contribution < -0.4 is 20.1 Å². The number of pyridine rings is 1. The fourth-order valence-corrected chi connectivity index (χ4v) is 2.48. The molecule has 0 fully saturated rings. The number of amides is 2. The van der Waals surface area contributed by atoms with Crippen LogP contribution in [-0.4, -0.2) is 34.8 Å². The molecule has 1 aromatic carbocycles. The Morgan fingerprint density at radius 1 is 1.12 bits per heavy atom. The van der Waals surface area contributed by atoms with Gasteiger partial charge < -0.3 is 20.1 Å². The summed E-state index contributed by atoms with van der Waals surface area (Å²) in [7, 11) is 0. The minimum Gasteiger partial charge on any atom is -0.454 e. The van der Waals surface area contributed by atoms with Crippen molar-refractivity contribution in [2.75, 3.05) is 18.7 Å². The van der Waals surface area contributed by atoms with Crippen molar-refractivity contribution in [1.82, 2.24) is 14.9 Å². The smallest absolute Gasteiger partial charge is 0.272 e. The predicted molar refractivity (Wildman–Crippen MR) is 88.7 cm³/mol. The third-order valence-corrected chi connectivity index (χ3v) is 3.67. The first-order valence-electron chi connectivity index (χ1n) is 7.61. The minimum atomic E-state index is -0.412. The number of benzene rings is 1. The third-order valence-electron chi connectivity index (χ3n) is 3.67. The molecule has 3 heterocycles. The summed E-state index contributed by atoms with van der Waals surface area (Å²) in [6.45, 7) is 0.00293. The van der Waals surface area contributed by atoms with E-state index in [9.17, 15) is 9.59 Å². The van der Waals surface area contributed by atoms with E-state index in [1.54, 1.807) is 35.0 Å². The van der Waals surface area contributed by atoms with E-state index in [4.69, 9.17) is 9.47 Å². The largest absolute Gasteiger partial charge is 0.454 e. The Hall–Kier alpha value is -3.55. The van der Waals surface area contributed by atoms with E-state index in [0.717, 1.165) is 5.52 Å². The van der Waals surface area contributed by atoms with Crippen molar-refractivity contribution in [3.8, 4) is 11.5 Å². The van der Waals surface area contributed by atoms with Crippen molar-refractivity contribution < 1.29 is 19.1 Å². The molecule has 2 aromatic heterocycles. The second-order valence-electron chi connectivity index (χ2n) is 5.40. The Balaban J connectivity index is 1.35. The van der Waals surface area contributed by atoms with Gasteiger partial charge in [0.2, 0.25) is 12.7 Å². The van der Waals surface area contributed by atoms with Crippen LogP contribution >= 0.6 is 0 Å². The lowest BCUT2D eigenvalue weighted by atomic mass is 10.2. The van der Waals surface area contributed by atoms with Gasteiger partial charge in [0.1, 0.15) is 0 Å². The monoisotopic (exact) mass is 338 g/mol. The highest BCUT2D eigenvalue weighted by Gasteiger charge is 2.15. The van der Waals surface area contributed by atoms with E-state index in [1.807, 2.05) is 18.2 Å². The van der Waals surface area contributed by atoms with Crippen LogP contribution in [-0.2, 0) is 4.79 Å². The van der Waals surface area contributed by atoms with Crippen molar-refractivity contribution in [3.63, 3.8) is 0 Å². The van der Waals surface area contributed by atoms with Crippen LogP contribution in [0.3, 0.4) is 0 Å². The van der Waals surface area contributed by atoms with Crippen LogP contribution in [0.2, 0.25) is 0 Å². The van der Waals surface area contributed by atoms with Gasteiger partial charge >= 0.3 is 0 Å². The van der Waals surface area contributed by atoms with Crippen molar-refractivity contribution in [3.05, 3.63) is 54.4 Å². The van der Waals surface area contributed by atoms with Gasteiger partial charge in [-0.05, 0) is 30.3 Å². The summed E-state index contributed by atoms with van der Waals surface area (Å²) in [6, 6.07) is 12.3. The molecule has 25 heavy (non-hydrogen) atoms. The molecule has 0 bridgehead atoms. The molecule has 2 amide bonds. The van der Waals surface area contributed by atoms with Gasteiger partial charge in [-0.3, -0.25) is 9.59 Å². The summed E-state index contributed by atoms with van der Waals surface area (Å²) in [4.78, 5) is 24.1. The highest BCUT2D eigenvalue weighted by atomic mass is 16.7. The zero-order valence-corrected chi connectivity index (χ0v) is 13.1. The maximum atomic E-state index is 12.1. The van der Waals surface area contributed by atoms with Gasteiger partial charge in [0.05, 0.1) is 12.1 Å². The number of fused-ring (bicyclic) bond motifs is 2. The molecular weight excluding hydrogens is 324 g/mol. The lowest BCUT2D eigenvalue weighted by Gasteiger charge is -2.06. The number of aromatic nitrogens is 2. The number of ether oxygens (including phenoxy) is 2. The summed E-state index contributed by atoms with van der Waals surface area (Å²) in [6.07, 6.45) is 1.75. The Kier molecular flexibility index (Phi) is 3.70. The predicted octanol–water partition coefficient (Wildman–Crippen LogP) is 1.43. The summed E-state index contributed by atoms with van der Waals surface area (Å²) >= 11 is 0. The number of hydrogen-bond donors (Lipinski definition) is 2. The van der Waals surface area contributed by atoms with E-state index >= 15 is 0 Å². The third kappa shape index (κ3) is 3.09. The molecule has 8 heteroatoms. The minimum absolute atomic E-state index is 0.166. The number of hydrogen-bond acceptors (Lipinski definition) is 5. The molecule has 1 aliphatic rings. The summed E-state index contributed by atoms with van der Waals surface area (Å²) in [5.41, 5.74) is 1.62. The average molecular weight is 338 g/mol. The first-order valence-corrected chi connectivity index (χ1v) is 7.61. The molecule has 2 N–H and O–H groups in total. The van der Waals surface area contributed by atoms with Gasteiger partial charge in [-0.2, -0.15) is 5.10 Å². The normalized spacial score (nSPS) is 12.2. The SMILES string of the molecule is O=C(CNC(=O)c1cc2ccccn2n1)Nc1ccc2c(c1)OCO2. The van der Waals surface area contributed by atoms with E-state index in [-0.39, 0.29) is 24.9 Å². The molecule has 0 unspecified atom stereocenters. The molecule has 0 saturated heterocycles. The molecule has 0 radical (unpaired) electrons. The van der Waals surface area contributed by atoms with Gasteiger partial charge in [-0.15, -0.1) is 0 Å². The molecule has 126 valence electrons. The van der Waals surface area contributed by atoms with Crippen molar-refractivity contribution in [2.24, 2.45) is 0 Å². The second-order valence-corrected chi connectivity index (χ2v) is 5.40. The summed E-state index contributed by atoms with van der Waals surface area (Å²) in [5, 5.41) is 9.40. The second kappa shape index (κ2) is 6.16. The van der Waals surface area contributed by atoms with Gasteiger partial charge in [0, 0.05) is 18.0 Å². The van der Waals surface area contributed by atoms with Gasteiger partial charge in [-0.25, -0.2) is 4.52 Å². The number of nitrogens with zero attached hydrogens (tertiary/aromatic N) is 2. The molecule has 1 aliphatic heterocycles. The Bertz CT molecular complexity index is 933. The highest BCUT2D eigenvalue weighted by Crippen LogP contribution is 2.34. The maximum absolute atomic E-state index is 12.1. The van der Waals surface area contributed by atoms with E-state index < -0.39 is 5.91 Å². The quantitative estimate of drug-likeness (QED) is 0.750. The Labute approximate surface area is 142 Å². The first-order chi connectivity index (χ1) is 12.2. The van der Waals surface area contributed by atoms with Gasteiger partial charge in [0.25, 0.3) is 5.91 Å². The van der Waals surface area contributed by atoms with Crippen molar-refractivity contribution >= 4 is 23.0 Å².